The molecule has 180 valence electrons. The predicted molar refractivity (Wildman–Crippen MR) is 124 cm³/mol. The fourth-order valence-electron chi connectivity index (χ4n) is 3.52. The second-order valence-corrected chi connectivity index (χ2v) is 8.59. The first-order valence-corrected chi connectivity index (χ1v) is 11.4. The lowest BCUT2D eigenvalue weighted by atomic mass is 10.0. The Hall–Kier alpha value is -3.89. The Morgan fingerprint density at radius 1 is 1.14 bits per heavy atom. The van der Waals surface area contributed by atoms with E-state index in [-0.39, 0.29) is 49.0 Å². The number of Topliss-reactive ketones (excluding diaryl/α,β-unsaturated/α-hetero) is 1. The van der Waals surface area contributed by atoms with Gasteiger partial charge in [-0.05, 0) is 34.2 Å². The minimum absolute atomic E-state index is 0.0782. The number of hydrogen-bond acceptors (Lipinski definition) is 8. The molecule has 0 aliphatic carbocycles. The number of carbonyl (C=O) groups is 3. The van der Waals surface area contributed by atoms with Gasteiger partial charge in [-0.3, -0.25) is 9.59 Å². The average molecular weight is 496 g/mol. The summed E-state index contributed by atoms with van der Waals surface area (Å²) in [6, 6.07) is 10.4. The lowest BCUT2D eigenvalue weighted by Gasteiger charge is -2.14. The first-order valence-electron chi connectivity index (χ1n) is 10.6. The maximum absolute atomic E-state index is 13.6. The Morgan fingerprint density at radius 3 is 2.60 bits per heavy atom. The van der Waals surface area contributed by atoms with E-state index in [4.69, 9.17) is 9.47 Å². The van der Waals surface area contributed by atoms with Crippen LogP contribution in [0.1, 0.15) is 43.8 Å². The van der Waals surface area contributed by atoms with E-state index >= 15 is 0 Å². The van der Waals surface area contributed by atoms with Gasteiger partial charge in [0.15, 0.2) is 17.3 Å². The molecule has 4 rings (SSSR count). The van der Waals surface area contributed by atoms with Crippen molar-refractivity contribution in [3.05, 3.63) is 81.5 Å². The van der Waals surface area contributed by atoms with Crippen molar-refractivity contribution < 1.29 is 33.4 Å². The van der Waals surface area contributed by atoms with Crippen molar-refractivity contribution in [3.8, 4) is 5.75 Å². The number of nitrogens with one attached hydrogen (secondary N) is 1. The molecule has 1 aliphatic heterocycles. The highest BCUT2D eigenvalue weighted by Crippen LogP contribution is 2.36. The molecular weight excluding hydrogens is 475 g/mol. The number of ketones is 1. The number of rotatable bonds is 9. The molecule has 0 radical (unpaired) electrons. The molecule has 3 aromatic rings. The molecular formula is C25H20FN2O6S-. The number of halogens is 1. The molecule has 35 heavy (non-hydrogen) atoms. The number of fused-ring (bicyclic) bond motifs is 1. The van der Waals surface area contributed by atoms with Crippen molar-refractivity contribution in [2.75, 3.05) is 7.11 Å². The molecule has 1 aliphatic rings. The quantitative estimate of drug-likeness (QED) is 0.488. The number of amides is 1. The van der Waals surface area contributed by atoms with Crippen LogP contribution in [0, 0.1) is 5.82 Å². The zero-order chi connectivity index (χ0) is 24.9. The van der Waals surface area contributed by atoms with Crippen molar-refractivity contribution in [2.45, 2.75) is 26.2 Å². The zero-order valence-corrected chi connectivity index (χ0v) is 19.4. The Morgan fingerprint density at radius 2 is 1.89 bits per heavy atom. The van der Waals surface area contributed by atoms with E-state index in [1.807, 2.05) is 0 Å². The molecule has 1 N–H and O–H groups in total. The molecule has 1 amide bonds. The molecule has 1 aromatic heterocycles. The van der Waals surface area contributed by atoms with Gasteiger partial charge in [0.25, 0.3) is 5.91 Å². The van der Waals surface area contributed by atoms with Gasteiger partial charge in [-0.1, -0.05) is 30.3 Å². The van der Waals surface area contributed by atoms with Gasteiger partial charge >= 0.3 is 0 Å². The van der Waals surface area contributed by atoms with Crippen LogP contribution in [0.15, 0.2) is 52.8 Å². The number of thiophene rings is 1. The summed E-state index contributed by atoms with van der Waals surface area (Å²) < 4.78 is 24.2. The van der Waals surface area contributed by atoms with E-state index in [0.29, 0.717) is 21.7 Å². The predicted octanol–water partition coefficient (Wildman–Crippen LogP) is 2.95. The number of carboxylic acid groups (broad SMARTS) is 1. The first-order chi connectivity index (χ1) is 16.9. The van der Waals surface area contributed by atoms with Crippen LogP contribution in [0.25, 0.3) is 0 Å². The Balaban J connectivity index is 1.37. The Kier molecular flexibility index (Phi) is 7.33. The van der Waals surface area contributed by atoms with Crippen molar-refractivity contribution >= 4 is 39.7 Å². The molecule has 0 bridgehead atoms. The van der Waals surface area contributed by atoms with Gasteiger partial charge in [-0.25, -0.2) is 9.38 Å². The lowest BCUT2D eigenvalue weighted by molar-refractivity contribution is -0.255. The highest BCUT2D eigenvalue weighted by molar-refractivity contribution is 7.14. The third kappa shape index (κ3) is 5.61. The molecule has 0 spiro atoms. The molecule has 0 saturated carbocycles. The van der Waals surface area contributed by atoms with Crippen LogP contribution >= 0.6 is 11.3 Å². The van der Waals surface area contributed by atoms with E-state index in [9.17, 15) is 23.9 Å². The van der Waals surface area contributed by atoms with Gasteiger partial charge in [0.05, 0.1) is 38.3 Å². The number of aromatic carboxylic acids is 1. The smallest absolute Gasteiger partial charge is 0.266 e. The standard InChI is InChI=1S/C25H21FN2O6S/c1-33-21-8-15(4-7-18(21)26)10-27-23(30)19-9-20(29)22-17(13-35-24(22)28-19)12-34-11-14-2-5-16(6-3-14)25(31)32/h2-8,13H,9-12H2,1H3,(H,27,30)(H,31,32)/p-1. The second kappa shape index (κ2) is 10.6. The number of ether oxygens (including phenoxy) is 2. The van der Waals surface area contributed by atoms with Crippen LogP contribution in [0.4, 0.5) is 9.39 Å². The largest absolute Gasteiger partial charge is 0.545 e. The molecule has 0 atom stereocenters. The van der Waals surface area contributed by atoms with Crippen LogP contribution in [0.5, 0.6) is 5.75 Å². The molecule has 0 saturated heterocycles. The van der Waals surface area contributed by atoms with Gasteiger partial charge in [0, 0.05) is 12.1 Å². The summed E-state index contributed by atoms with van der Waals surface area (Å²) in [5.41, 5.74) is 2.75. The van der Waals surface area contributed by atoms with Crippen molar-refractivity contribution in [3.63, 3.8) is 0 Å². The zero-order valence-electron chi connectivity index (χ0n) is 18.6. The number of carboxylic acids is 1. The maximum Gasteiger partial charge on any atom is 0.266 e. The fraction of sp³-hybridized carbons (Fsp3) is 0.200. The van der Waals surface area contributed by atoms with E-state index in [2.05, 4.69) is 10.3 Å². The first kappa shape index (κ1) is 24.2. The van der Waals surface area contributed by atoms with Gasteiger partial charge in [0.1, 0.15) is 10.7 Å². The highest BCUT2D eigenvalue weighted by Gasteiger charge is 2.28. The molecule has 0 fully saturated rings. The number of methoxy groups -OCH3 is 1. The normalized spacial score (nSPS) is 12.6. The molecule has 0 unspecified atom stereocenters. The van der Waals surface area contributed by atoms with Crippen LogP contribution in [-0.2, 0) is 29.3 Å². The summed E-state index contributed by atoms with van der Waals surface area (Å²) in [7, 11) is 1.36. The summed E-state index contributed by atoms with van der Waals surface area (Å²) >= 11 is 1.25. The van der Waals surface area contributed by atoms with Gasteiger partial charge in [-0.15, -0.1) is 11.3 Å². The van der Waals surface area contributed by atoms with Gasteiger partial charge < -0.3 is 24.7 Å². The molecule has 8 nitrogen and oxygen atoms in total. The summed E-state index contributed by atoms with van der Waals surface area (Å²) in [5, 5.41) is 15.8. The SMILES string of the molecule is COc1cc(CNC(=O)C2=Nc3scc(COCc4ccc(C(=O)[O-])cc4)c3C(=O)C2)ccc1F. The van der Waals surface area contributed by atoms with E-state index in [1.54, 1.807) is 17.5 Å². The topological polar surface area (TPSA) is 117 Å². The summed E-state index contributed by atoms with van der Waals surface area (Å²) in [4.78, 5) is 40.6. The highest BCUT2D eigenvalue weighted by atomic mass is 32.1. The summed E-state index contributed by atoms with van der Waals surface area (Å²) in [6.07, 6.45) is -0.139. The monoisotopic (exact) mass is 495 g/mol. The number of aliphatic imine (C=N–C) groups is 1. The van der Waals surface area contributed by atoms with E-state index < -0.39 is 17.7 Å². The van der Waals surface area contributed by atoms with Gasteiger partial charge in [0.2, 0.25) is 0 Å². The van der Waals surface area contributed by atoms with Crippen LogP contribution < -0.4 is 15.2 Å². The van der Waals surface area contributed by atoms with E-state index in [0.717, 1.165) is 5.56 Å². The third-order valence-corrected chi connectivity index (χ3v) is 6.26. The number of hydrogen-bond donors (Lipinski definition) is 1. The van der Waals surface area contributed by atoms with Crippen LogP contribution in [-0.4, -0.2) is 30.5 Å². The van der Waals surface area contributed by atoms with Gasteiger partial charge in [-0.2, -0.15) is 0 Å². The van der Waals surface area contributed by atoms with Crippen LogP contribution in [0.3, 0.4) is 0 Å². The minimum atomic E-state index is -1.25. The Labute approximate surface area is 204 Å². The van der Waals surface area contributed by atoms with Crippen molar-refractivity contribution in [2.24, 2.45) is 4.99 Å². The summed E-state index contributed by atoms with van der Waals surface area (Å²) in [5.74, 6) is -2.36. The van der Waals surface area contributed by atoms with Crippen molar-refractivity contribution in [1.82, 2.24) is 5.32 Å². The van der Waals surface area contributed by atoms with Crippen LogP contribution in [0.2, 0.25) is 0 Å². The molecule has 2 heterocycles. The fourth-order valence-corrected chi connectivity index (χ4v) is 4.48. The van der Waals surface area contributed by atoms with Crippen molar-refractivity contribution in [1.29, 1.82) is 0 Å². The van der Waals surface area contributed by atoms with E-state index in [1.165, 1.54) is 48.8 Å². The summed E-state index contributed by atoms with van der Waals surface area (Å²) in [6.45, 7) is 0.531. The average Bonchev–Trinajstić information content (AvgIpc) is 3.27. The molecule has 2 aromatic carbocycles. The second-order valence-electron chi connectivity index (χ2n) is 7.73. The maximum atomic E-state index is 13.6. The number of benzene rings is 2. The Bertz CT molecular complexity index is 1320. The lowest BCUT2D eigenvalue weighted by Crippen LogP contribution is -2.33. The minimum Gasteiger partial charge on any atom is -0.545 e. The molecule has 10 heteroatoms. The number of carbonyl (C=O) groups excluding carboxylic acids is 3. The third-order valence-electron chi connectivity index (χ3n) is 5.34. The number of nitrogens with zero attached hydrogens (tertiary/aromatic N) is 1.